The van der Waals surface area contributed by atoms with Gasteiger partial charge in [-0.15, -0.1) is 0 Å². The highest BCUT2D eigenvalue weighted by Crippen LogP contribution is 2.29. The Morgan fingerprint density at radius 1 is 0.920 bits per heavy atom. The van der Waals surface area contributed by atoms with E-state index in [-0.39, 0.29) is 15.8 Å². The van der Waals surface area contributed by atoms with Gasteiger partial charge in [0.05, 0.1) is 9.79 Å². The van der Waals surface area contributed by atoms with Gasteiger partial charge in [0.2, 0.25) is 20.0 Å². The van der Waals surface area contributed by atoms with E-state index in [2.05, 4.69) is 4.72 Å². The van der Waals surface area contributed by atoms with Crippen molar-refractivity contribution < 1.29 is 16.8 Å². The fourth-order valence-corrected chi connectivity index (χ4v) is 5.76. The molecule has 6 nitrogen and oxygen atoms in total. The predicted octanol–water partition coefficient (Wildman–Crippen LogP) is 2.33. The van der Waals surface area contributed by atoms with Gasteiger partial charge in [-0.1, -0.05) is 19.3 Å². The van der Waals surface area contributed by atoms with Crippen LogP contribution in [-0.2, 0) is 20.0 Å². The normalized spacial score (nSPS) is 20.1. The summed E-state index contributed by atoms with van der Waals surface area (Å²) in [7, 11) is -5.56. The van der Waals surface area contributed by atoms with Gasteiger partial charge in [0, 0.05) is 19.6 Å². The van der Waals surface area contributed by atoms with E-state index in [1.807, 2.05) is 0 Å². The molecule has 0 radical (unpaired) electrons. The maximum atomic E-state index is 12.8. The SMILES string of the molecule is CN(C1CCCCC1)S(=O)(=O)c1ccc(S(=O)(=O)NCC2CC2)cc1. The van der Waals surface area contributed by atoms with E-state index >= 15 is 0 Å². The summed E-state index contributed by atoms with van der Waals surface area (Å²) in [6, 6.07) is 5.55. The van der Waals surface area contributed by atoms with Crippen LogP contribution in [-0.4, -0.2) is 40.8 Å². The van der Waals surface area contributed by atoms with E-state index in [0.29, 0.717) is 12.5 Å². The average molecular weight is 387 g/mol. The summed E-state index contributed by atoms with van der Waals surface area (Å²) in [5, 5.41) is 0. The molecule has 2 aliphatic carbocycles. The van der Waals surface area contributed by atoms with Crippen molar-refractivity contribution in [1.82, 2.24) is 9.03 Å². The lowest BCUT2D eigenvalue weighted by atomic mass is 9.96. The van der Waals surface area contributed by atoms with Crippen LogP contribution in [0.2, 0.25) is 0 Å². The van der Waals surface area contributed by atoms with Crippen LogP contribution in [0.25, 0.3) is 0 Å². The highest BCUT2D eigenvalue weighted by molar-refractivity contribution is 7.89. The van der Waals surface area contributed by atoms with Gasteiger partial charge in [-0.2, -0.15) is 4.31 Å². The van der Waals surface area contributed by atoms with E-state index in [9.17, 15) is 16.8 Å². The van der Waals surface area contributed by atoms with Crippen molar-refractivity contribution in [2.45, 2.75) is 60.8 Å². The standard InChI is InChI=1S/C17H26N2O4S2/c1-19(15-5-3-2-4-6-15)25(22,23)17-11-9-16(10-12-17)24(20,21)18-13-14-7-8-14/h9-12,14-15,18H,2-8,13H2,1H3. The number of hydrogen-bond donors (Lipinski definition) is 1. The summed E-state index contributed by atoms with van der Waals surface area (Å²) >= 11 is 0. The van der Waals surface area contributed by atoms with Crippen LogP contribution in [0.1, 0.15) is 44.9 Å². The van der Waals surface area contributed by atoms with Crippen LogP contribution >= 0.6 is 0 Å². The zero-order chi connectivity index (χ0) is 18.1. The molecule has 140 valence electrons. The van der Waals surface area contributed by atoms with Crippen LogP contribution in [0.3, 0.4) is 0 Å². The third kappa shape index (κ3) is 4.42. The summed E-state index contributed by atoms with van der Waals surface area (Å²) < 4.78 is 54.1. The van der Waals surface area contributed by atoms with Crippen molar-refractivity contribution in [2.75, 3.05) is 13.6 Å². The van der Waals surface area contributed by atoms with Gasteiger partial charge in [0.25, 0.3) is 0 Å². The van der Waals surface area contributed by atoms with E-state index in [0.717, 1.165) is 44.9 Å². The number of sulfonamides is 2. The maximum Gasteiger partial charge on any atom is 0.243 e. The molecule has 0 aromatic heterocycles. The molecule has 0 saturated heterocycles. The molecule has 0 heterocycles. The van der Waals surface area contributed by atoms with Gasteiger partial charge in [-0.05, 0) is 55.9 Å². The Morgan fingerprint density at radius 3 is 2.04 bits per heavy atom. The third-order valence-corrected chi connectivity index (χ3v) is 8.52. The van der Waals surface area contributed by atoms with E-state index in [4.69, 9.17) is 0 Å². The lowest BCUT2D eigenvalue weighted by Gasteiger charge is -2.30. The molecule has 0 aliphatic heterocycles. The highest BCUT2D eigenvalue weighted by Gasteiger charge is 2.29. The van der Waals surface area contributed by atoms with Crippen LogP contribution < -0.4 is 4.72 Å². The third-order valence-electron chi connectivity index (χ3n) is 5.16. The van der Waals surface area contributed by atoms with E-state index < -0.39 is 20.0 Å². The fourth-order valence-electron chi connectivity index (χ4n) is 3.23. The molecule has 0 atom stereocenters. The summed E-state index contributed by atoms with van der Waals surface area (Å²) in [5.74, 6) is 0.443. The molecule has 25 heavy (non-hydrogen) atoms. The molecule has 0 amide bonds. The summed E-state index contributed by atoms with van der Waals surface area (Å²) in [4.78, 5) is 0.245. The van der Waals surface area contributed by atoms with Gasteiger partial charge in [0.1, 0.15) is 0 Å². The number of rotatable bonds is 7. The van der Waals surface area contributed by atoms with Gasteiger partial charge in [-0.3, -0.25) is 0 Å². The second kappa shape index (κ2) is 7.34. The monoisotopic (exact) mass is 386 g/mol. The number of benzene rings is 1. The predicted molar refractivity (Wildman–Crippen MR) is 96.2 cm³/mol. The van der Waals surface area contributed by atoms with Crippen molar-refractivity contribution in [1.29, 1.82) is 0 Å². The zero-order valence-electron chi connectivity index (χ0n) is 14.5. The summed E-state index contributed by atoms with van der Waals surface area (Å²) in [6.07, 6.45) is 7.15. The molecule has 0 spiro atoms. The van der Waals surface area contributed by atoms with Crippen molar-refractivity contribution in [3.63, 3.8) is 0 Å². The molecule has 3 rings (SSSR count). The lowest BCUT2D eigenvalue weighted by molar-refractivity contribution is 0.286. The number of nitrogens with one attached hydrogen (secondary N) is 1. The molecule has 0 bridgehead atoms. The first-order valence-electron chi connectivity index (χ1n) is 8.88. The molecule has 8 heteroatoms. The molecule has 2 aliphatic rings. The molecular formula is C17H26N2O4S2. The first-order valence-corrected chi connectivity index (χ1v) is 11.8. The zero-order valence-corrected chi connectivity index (χ0v) is 16.2. The van der Waals surface area contributed by atoms with Crippen molar-refractivity contribution in [3.8, 4) is 0 Å². The maximum absolute atomic E-state index is 12.8. The molecule has 2 fully saturated rings. The smallest absolute Gasteiger partial charge is 0.211 e. The first kappa shape index (κ1) is 18.8. The number of hydrogen-bond acceptors (Lipinski definition) is 4. The Bertz CT molecular complexity index is 794. The fraction of sp³-hybridized carbons (Fsp3) is 0.647. The van der Waals surface area contributed by atoms with Gasteiger partial charge < -0.3 is 0 Å². The average Bonchev–Trinajstić information content (AvgIpc) is 3.45. The minimum atomic E-state index is -3.60. The Balaban J connectivity index is 1.73. The Labute approximate surface area is 150 Å². The Hall–Kier alpha value is -0.960. The van der Waals surface area contributed by atoms with Crippen LogP contribution in [0, 0.1) is 5.92 Å². The van der Waals surface area contributed by atoms with Gasteiger partial charge in [-0.25, -0.2) is 21.6 Å². The lowest BCUT2D eigenvalue weighted by Crippen LogP contribution is -2.38. The quantitative estimate of drug-likeness (QED) is 0.779. The van der Waals surface area contributed by atoms with Crippen LogP contribution in [0.15, 0.2) is 34.1 Å². The van der Waals surface area contributed by atoms with Crippen molar-refractivity contribution in [3.05, 3.63) is 24.3 Å². The number of nitrogens with zero attached hydrogens (tertiary/aromatic N) is 1. The molecule has 2 saturated carbocycles. The topological polar surface area (TPSA) is 83.6 Å². The molecule has 0 unspecified atom stereocenters. The van der Waals surface area contributed by atoms with Crippen molar-refractivity contribution in [2.24, 2.45) is 5.92 Å². The van der Waals surface area contributed by atoms with E-state index in [1.165, 1.54) is 28.6 Å². The van der Waals surface area contributed by atoms with Crippen LogP contribution in [0.4, 0.5) is 0 Å². The van der Waals surface area contributed by atoms with Gasteiger partial charge in [0.15, 0.2) is 0 Å². The van der Waals surface area contributed by atoms with Crippen LogP contribution in [0.5, 0.6) is 0 Å². The first-order chi connectivity index (χ1) is 11.8. The minimum absolute atomic E-state index is 0.0300. The molecular weight excluding hydrogens is 360 g/mol. The van der Waals surface area contributed by atoms with Crippen molar-refractivity contribution >= 4 is 20.0 Å². The molecule has 1 N–H and O–H groups in total. The highest BCUT2D eigenvalue weighted by atomic mass is 32.2. The molecule has 1 aromatic carbocycles. The Morgan fingerprint density at radius 2 is 1.48 bits per heavy atom. The summed E-state index contributed by atoms with van der Waals surface area (Å²) in [5.41, 5.74) is 0. The molecule has 1 aromatic rings. The summed E-state index contributed by atoms with van der Waals surface area (Å²) in [6.45, 7) is 0.451. The van der Waals surface area contributed by atoms with Gasteiger partial charge >= 0.3 is 0 Å². The Kier molecular flexibility index (Phi) is 5.53. The van der Waals surface area contributed by atoms with E-state index in [1.54, 1.807) is 7.05 Å². The second-order valence-electron chi connectivity index (χ2n) is 7.08. The largest absolute Gasteiger partial charge is 0.243 e. The second-order valence-corrected chi connectivity index (χ2v) is 10.8. The minimum Gasteiger partial charge on any atom is -0.211 e.